The molecule has 2 aromatic heterocycles. The number of nitrogens with one attached hydrogen (secondary N) is 3. The number of aromatic amines is 3. The quantitative estimate of drug-likeness (QED) is 0.677. The molecule has 3 N–H and O–H groups in total. The number of imidazole rings is 1. The second-order valence-electron chi connectivity index (χ2n) is 5.05. The molecule has 1 fully saturated rings. The average molecular weight is 305 g/mol. The summed E-state index contributed by atoms with van der Waals surface area (Å²) in [7, 11) is 0. The third kappa shape index (κ3) is 2.70. The Hall–Kier alpha value is -2.68. The monoisotopic (exact) mass is 305 g/mol. The highest BCUT2D eigenvalue weighted by Crippen LogP contribution is 2.20. The minimum absolute atomic E-state index is 0.101. The van der Waals surface area contributed by atoms with Gasteiger partial charge in [0.25, 0.3) is 11.5 Å². The van der Waals surface area contributed by atoms with Crippen LogP contribution in [0.5, 0.6) is 0 Å². The summed E-state index contributed by atoms with van der Waals surface area (Å²) in [6, 6.07) is 0. The first-order valence-corrected chi connectivity index (χ1v) is 6.79. The van der Waals surface area contributed by atoms with Gasteiger partial charge in [0.05, 0.1) is 13.2 Å². The van der Waals surface area contributed by atoms with Crippen LogP contribution >= 0.6 is 0 Å². The zero-order valence-electron chi connectivity index (χ0n) is 11.9. The van der Waals surface area contributed by atoms with E-state index in [0.717, 1.165) is 11.9 Å². The first kappa shape index (κ1) is 14.3. The summed E-state index contributed by atoms with van der Waals surface area (Å²) in [5.41, 5.74) is -0.548. The normalized spacial score (nSPS) is 18.4. The van der Waals surface area contributed by atoms with E-state index in [1.54, 1.807) is 6.20 Å². The highest BCUT2D eigenvalue weighted by Gasteiger charge is 2.28. The molecule has 0 radical (unpaired) electrons. The topological polar surface area (TPSA) is 124 Å². The van der Waals surface area contributed by atoms with Crippen molar-refractivity contribution in [3.05, 3.63) is 50.3 Å². The molecule has 2 aromatic rings. The predicted octanol–water partition coefficient (Wildman–Crippen LogP) is -0.692. The van der Waals surface area contributed by atoms with E-state index >= 15 is 0 Å². The number of ether oxygens (including phenoxy) is 1. The fourth-order valence-corrected chi connectivity index (χ4v) is 2.33. The number of aryl methyl sites for hydroxylation is 1. The van der Waals surface area contributed by atoms with Crippen molar-refractivity contribution < 1.29 is 9.53 Å². The van der Waals surface area contributed by atoms with Crippen LogP contribution in [0.4, 0.5) is 0 Å². The molecule has 0 unspecified atom stereocenters. The Morgan fingerprint density at radius 3 is 2.91 bits per heavy atom. The van der Waals surface area contributed by atoms with E-state index in [-0.39, 0.29) is 18.2 Å². The average Bonchev–Trinajstić information content (AvgIpc) is 2.93. The SMILES string of the molecule is Cc1cnc([C@H]2CN(C(=O)c3c[nH]c(=O)[nH]c3=O)CCO2)[nH]1. The van der Waals surface area contributed by atoms with Crippen LogP contribution in [-0.4, -0.2) is 50.4 Å². The molecule has 0 spiro atoms. The van der Waals surface area contributed by atoms with Gasteiger partial charge in [-0.3, -0.25) is 14.6 Å². The molecule has 1 aliphatic heterocycles. The number of H-pyrrole nitrogens is 3. The Kier molecular flexibility index (Phi) is 3.63. The van der Waals surface area contributed by atoms with Gasteiger partial charge in [0.15, 0.2) is 0 Å². The van der Waals surface area contributed by atoms with E-state index < -0.39 is 17.2 Å². The third-order valence-electron chi connectivity index (χ3n) is 3.43. The van der Waals surface area contributed by atoms with Crippen LogP contribution in [0.3, 0.4) is 0 Å². The first-order valence-electron chi connectivity index (χ1n) is 6.79. The number of hydrogen-bond acceptors (Lipinski definition) is 5. The highest BCUT2D eigenvalue weighted by atomic mass is 16.5. The van der Waals surface area contributed by atoms with Crippen LogP contribution < -0.4 is 11.2 Å². The number of nitrogens with zero attached hydrogens (tertiary/aromatic N) is 2. The van der Waals surface area contributed by atoms with Crippen molar-refractivity contribution in [1.29, 1.82) is 0 Å². The maximum atomic E-state index is 12.4. The van der Waals surface area contributed by atoms with Gasteiger partial charge in [-0.25, -0.2) is 9.78 Å². The molecule has 1 amide bonds. The van der Waals surface area contributed by atoms with E-state index in [9.17, 15) is 14.4 Å². The standard InChI is InChI=1S/C13H15N5O4/c1-7-4-14-10(16-7)9-6-18(2-3-22-9)12(20)8-5-15-13(21)17-11(8)19/h4-5,9H,2-3,6H2,1H3,(H,14,16)(H2,15,17,19,21)/t9-/m1/s1. The van der Waals surface area contributed by atoms with Gasteiger partial charge in [0.2, 0.25) is 0 Å². The number of carbonyl (C=O) groups excluding carboxylic acids is 1. The molecule has 116 valence electrons. The van der Waals surface area contributed by atoms with Crippen molar-refractivity contribution in [3.63, 3.8) is 0 Å². The number of carbonyl (C=O) groups is 1. The van der Waals surface area contributed by atoms with Gasteiger partial charge >= 0.3 is 5.69 Å². The second kappa shape index (κ2) is 5.60. The van der Waals surface area contributed by atoms with Crippen LogP contribution in [0.1, 0.15) is 28.0 Å². The van der Waals surface area contributed by atoms with Crippen LogP contribution in [0.2, 0.25) is 0 Å². The molecule has 0 saturated carbocycles. The molecule has 0 bridgehead atoms. The van der Waals surface area contributed by atoms with Crippen LogP contribution in [0.15, 0.2) is 22.0 Å². The molecule has 3 rings (SSSR count). The van der Waals surface area contributed by atoms with Crippen molar-refractivity contribution >= 4 is 5.91 Å². The summed E-state index contributed by atoms with van der Waals surface area (Å²) in [6.45, 7) is 2.87. The molecule has 1 saturated heterocycles. The number of hydrogen-bond donors (Lipinski definition) is 3. The summed E-state index contributed by atoms with van der Waals surface area (Å²) in [6.07, 6.45) is 2.45. The smallest absolute Gasteiger partial charge is 0.325 e. The molecule has 1 aliphatic rings. The Bertz CT molecular complexity index is 805. The van der Waals surface area contributed by atoms with E-state index in [0.29, 0.717) is 19.0 Å². The van der Waals surface area contributed by atoms with E-state index in [2.05, 4.69) is 15.0 Å². The molecule has 0 aromatic carbocycles. The van der Waals surface area contributed by atoms with Crippen LogP contribution in [0, 0.1) is 6.92 Å². The predicted molar refractivity (Wildman–Crippen MR) is 75.6 cm³/mol. The van der Waals surface area contributed by atoms with Crippen molar-refractivity contribution in [3.8, 4) is 0 Å². The molecule has 9 nitrogen and oxygen atoms in total. The van der Waals surface area contributed by atoms with E-state index in [4.69, 9.17) is 4.74 Å². The van der Waals surface area contributed by atoms with Gasteiger partial charge in [-0.15, -0.1) is 0 Å². The molecule has 1 atom stereocenters. The molecule has 0 aliphatic carbocycles. The third-order valence-corrected chi connectivity index (χ3v) is 3.43. The maximum absolute atomic E-state index is 12.4. The zero-order valence-corrected chi connectivity index (χ0v) is 11.9. The Morgan fingerprint density at radius 1 is 1.41 bits per heavy atom. The van der Waals surface area contributed by atoms with Crippen molar-refractivity contribution in [1.82, 2.24) is 24.8 Å². The van der Waals surface area contributed by atoms with Gasteiger partial charge in [-0.1, -0.05) is 0 Å². The van der Waals surface area contributed by atoms with Gasteiger partial charge < -0.3 is 19.6 Å². The second-order valence-corrected chi connectivity index (χ2v) is 5.05. The summed E-state index contributed by atoms with van der Waals surface area (Å²) in [5, 5.41) is 0. The van der Waals surface area contributed by atoms with Crippen LogP contribution in [-0.2, 0) is 4.74 Å². The Balaban J connectivity index is 1.81. The van der Waals surface area contributed by atoms with Gasteiger partial charge in [-0.2, -0.15) is 0 Å². The van der Waals surface area contributed by atoms with Crippen LogP contribution in [0.25, 0.3) is 0 Å². The largest absolute Gasteiger partial charge is 0.367 e. The van der Waals surface area contributed by atoms with Gasteiger partial charge in [0.1, 0.15) is 17.5 Å². The summed E-state index contributed by atoms with van der Waals surface area (Å²) < 4.78 is 5.61. The van der Waals surface area contributed by atoms with Crippen molar-refractivity contribution in [2.45, 2.75) is 13.0 Å². The Labute approximate surface area is 124 Å². The van der Waals surface area contributed by atoms with E-state index in [1.807, 2.05) is 11.9 Å². The van der Waals surface area contributed by atoms with E-state index in [1.165, 1.54) is 4.90 Å². The Morgan fingerprint density at radius 2 is 2.23 bits per heavy atom. The molecular formula is C13H15N5O4. The molecular weight excluding hydrogens is 290 g/mol. The summed E-state index contributed by atoms with van der Waals surface area (Å²) in [5.74, 6) is 0.194. The lowest BCUT2D eigenvalue weighted by Crippen LogP contribution is -2.44. The summed E-state index contributed by atoms with van der Waals surface area (Å²) >= 11 is 0. The molecule has 22 heavy (non-hydrogen) atoms. The molecule has 9 heteroatoms. The lowest BCUT2D eigenvalue weighted by molar-refractivity contribution is -0.0265. The van der Waals surface area contributed by atoms with Crippen molar-refractivity contribution in [2.75, 3.05) is 19.7 Å². The lowest BCUT2D eigenvalue weighted by atomic mass is 10.2. The van der Waals surface area contributed by atoms with Gasteiger partial charge in [0, 0.05) is 24.6 Å². The minimum Gasteiger partial charge on any atom is -0.367 e. The number of rotatable bonds is 2. The number of aromatic nitrogens is 4. The number of morpholine rings is 1. The summed E-state index contributed by atoms with van der Waals surface area (Å²) in [4.78, 5) is 48.3. The minimum atomic E-state index is -0.703. The highest BCUT2D eigenvalue weighted by molar-refractivity contribution is 5.93. The fraction of sp³-hybridized carbons (Fsp3) is 0.385. The molecule has 3 heterocycles. The maximum Gasteiger partial charge on any atom is 0.325 e. The van der Waals surface area contributed by atoms with Gasteiger partial charge in [-0.05, 0) is 6.92 Å². The van der Waals surface area contributed by atoms with Crippen molar-refractivity contribution in [2.24, 2.45) is 0 Å². The first-order chi connectivity index (χ1) is 10.5. The lowest BCUT2D eigenvalue weighted by Gasteiger charge is -2.31. The fourth-order valence-electron chi connectivity index (χ4n) is 2.33. The zero-order chi connectivity index (χ0) is 15.7. The number of amides is 1.